The molecule has 0 spiro atoms. The molecule has 0 aliphatic heterocycles. The Morgan fingerprint density at radius 3 is 2.54 bits per heavy atom. The van der Waals surface area contributed by atoms with Gasteiger partial charge in [-0.15, -0.1) is 0 Å². The molecule has 0 unspecified atom stereocenters. The standard InChI is InChI=1S/C16H24F4N4/c1-12-5-6-13(9-14(12)17)10-23-15(21-2)22-7-4-8-24(3)11-16(18,19)20/h5-6,9H,4,7-8,10-11H2,1-3H3,(H2,21,22,23). The van der Waals surface area contributed by atoms with Gasteiger partial charge in [-0.3, -0.25) is 9.89 Å². The van der Waals surface area contributed by atoms with Crippen LogP contribution < -0.4 is 10.6 Å². The molecule has 1 aromatic carbocycles. The van der Waals surface area contributed by atoms with Crippen molar-refractivity contribution >= 4 is 5.96 Å². The third-order valence-corrected chi connectivity index (χ3v) is 3.38. The fraction of sp³-hybridized carbons (Fsp3) is 0.562. The molecule has 0 atom stereocenters. The summed E-state index contributed by atoms with van der Waals surface area (Å²) in [6.45, 7) is 2.00. The lowest BCUT2D eigenvalue weighted by Crippen LogP contribution is -2.39. The number of hydrogen-bond donors (Lipinski definition) is 2. The third-order valence-electron chi connectivity index (χ3n) is 3.38. The van der Waals surface area contributed by atoms with Gasteiger partial charge in [-0.2, -0.15) is 13.2 Å². The van der Waals surface area contributed by atoms with E-state index in [1.165, 1.54) is 18.0 Å². The number of halogens is 4. The second-order valence-electron chi connectivity index (χ2n) is 5.64. The minimum absolute atomic E-state index is 0.259. The van der Waals surface area contributed by atoms with E-state index in [1.807, 2.05) is 6.07 Å². The molecular formula is C16H24F4N4. The zero-order valence-corrected chi connectivity index (χ0v) is 14.2. The quantitative estimate of drug-likeness (QED) is 0.344. The SMILES string of the molecule is CN=C(NCCCN(C)CC(F)(F)F)NCc1ccc(C)c(F)c1. The van der Waals surface area contributed by atoms with Crippen molar-refractivity contribution in [1.29, 1.82) is 0 Å². The highest BCUT2D eigenvalue weighted by Gasteiger charge is 2.28. The van der Waals surface area contributed by atoms with Gasteiger partial charge in [0.2, 0.25) is 0 Å². The van der Waals surface area contributed by atoms with Crippen molar-refractivity contribution in [3.8, 4) is 0 Å². The topological polar surface area (TPSA) is 39.7 Å². The molecule has 1 rings (SSSR count). The van der Waals surface area contributed by atoms with Crippen LogP contribution in [0.25, 0.3) is 0 Å². The average molecular weight is 348 g/mol. The molecule has 8 heteroatoms. The summed E-state index contributed by atoms with van der Waals surface area (Å²) in [5.74, 6) is 0.263. The monoisotopic (exact) mass is 348 g/mol. The lowest BCUT2D eigenvalue weighted by atomic mass is 10.1. The molecule has 0 saturated heterocycles. The summed E-state index contributed by atoms with van der Waals surface area (Å²) in [5, 5.41) is 6.06. The van der Waals surface area contributed by atoms with Gasteiger partial charge in [-0.1, -0.05) is 12.1 Å². The maximum Gasteiger partial charge on any atom is 0.401 e. The molecule has 24 heavy (non-hydrogen) atoms. The van der Waals surface area contributed by atoms with E-state index in [0.29, 0.717) is 37.6 Å². The number of alkyl halides is 3. The molecule has 0 amide bonds. The van der Waals surface area contributed by atoms with E-state index in [1.54, 1.807) is 20.0 Å². The summed E-state index contributed by atoms with van der Waals surface area (Å²) >= 11 is 0. The van der Waals surface area contributed by atoms with E-state index >= 15 is 0 Å². The van der Waals surface area contributed by atoms with Crippen LogP contribution >= 0.6 is 0 Å². The Balaban J connectivity index is 2.29. The summed E-state index contributed by atoms with van der Waals surface area (Å²) in [5.41, 5.74) is 1.37. The molecule has 4 nitrogen and oxygen atoms in total. The van der Waals surface area contributed by atoms with Gasteiger partial charge in [0.05, 0.1) is 6.54 Å². The zero-order valence-electron chi connectivity index (χ0n) is 14.2. The summed E-state index contributed by atoms with van der Waals surface area (Å²) < 4.78 is 50.1. The first kappa shape index (κ1) is 20.2. The van der Waals surface area contributed by atoms with Crippen LogP contribution in [0.4, 0.5) is 17.6 Å². The molecule has 0 saturated carbocycles. The highest BCUT2D eigenvalue weighted by atomic mass is 19.4. The molecule has 0 aliphatic carbocycles. The number of benzene rings is 1. The molecule has 0 radical (unpaired) electrons. The van der Waals surface area contributed by atoms with Crippen molar-refractivity contribution in [2.24, 2.45) is 4.99 Å². The van der Waals surface area contributed by atoms with Gasteiger partial charge in [0.25, 0.3) is 0 Å². The van der Waals surface area contributed by atoms with Gasteiger partial charge in [-0.25, -0.2) is 4.39 Å². The molecule has 1 aromatic rings. The number of rotatable bonds is 7. The van der Waals surface area contributed by atoms with Crippen LogP contribution in [0.3, 0.4) is 0 Å². The minimum atomic E-state index is -4.18. The van der Waals surface area contributed by atoms with E-state index in [2.05, 4.69) is 15.6 Å². The van der Waals surface area contributed by atoms with E-state index < -0.39 is 12.7 Å². The van der Waals surface area contributed by atoms with E-state index in [9.17, 15) is 17.6 Å². The summed E-state index contributed by atoms with van der Waals surface area (Å²) in [7, 11) is 3.04. The summed E-state index contributed by atoms with van der Waals surface area (Å²) in [4.78, 5) is 5.26. The van der Waals surface area contributed by atoms with Crippen LogP contribution in [0, 0.1) is 12.7 Å². The van der Waals surface area contributed by atoms with Gasteiger partial charge < -0.3 is 10.6 Å². The predicted molar refractivity (Wildman–Crippen MR) is 87.5 cm³/mol. The van der Waals surface area contributed by atoms with Crippen molar-refractivity contribution in [2.75, 3.05) is 33.7 Å². The largest absolute Gasteiger partial charge is 0.401 e. The highest BCUT2D eigenvalue weighted by molar-refractivity contribution is 5.79. The molecular weight excluding hydrogens is 324 g/mol. The molecule has 0 heterocycles. The predicted octanol–water partition coefficient (Wildman–Crippen LogP) is 2.68. The smallest absolute Gasteiger partial charge is 0.356 e. The molecule has 136 valence electrons. The first-order valence-corrected chi connectivity index (χ1v) is 7.66. The van der Waals surface area contributed by atoms with E-state index in [4.69, 9.17) is 0 Å². The van der Waals surface area contributed by atoms with E-state index in [0.717, 1.165) is 5.56 Å². The fourth-order valence-corrected chi connectivity index (χ4v) is 2.09. The number of guanidine groups is 1. The second kappa shape index (κ2) is 9.46. The Morgan fingerprint density at radius 2 is 1.96 bits per heavy atom. The number of aryl methyl sites for hydroxylation is 1. The first-order chi connectivity index (χ1) is 11.2. The van der Waals surface area contributed by atoms with Crippen LogP contribution in [0.15, 0.2) is 23.2 Å². The Bertz CT molecular complexity index is 543. The van der Waals surface area contributed by atoms with Crippen LogP contribution in [0.5, 0.6) is 0 Å². The van der Waals surface area contributed by atoms with Gasteiger partial charge in [0.1, 0.15) is 5.82 Å². The third kappa shape index (κ3) is 8.14. The van der Waals surface area contributed by atoms with Crippen molar-refractivity contribution in [3.05, 3.63) is 35.1 Å². The average Bonchev–Trinajstić information content (AvgIpc) is 2.48. The Labute approximate surface area is 139 Å². The van der Waals surface area contributed by atoms with Crippen molar-refractivity contribution in [1.82, 2.24) is 15.5 Å². The van der Waals surface area contributed by atoms with Gasteiger partial charge in [0.15, 0.2) is 5.96 Å². The Morgan fingerprint density at radius 1 is 1.25 bits per heavy atom. The number of nitrogens with zero attached hydrogens (tertiary/aromatic N) is 2. The highest BCUT2D eigenvalue weighted by Crippen LogP contribution is 2.15. The van der Waals surface area contributed by atoms with Crippen LogP contribution in [-0.2, 0) is 6.54 Å². The fourth-order valence-electron chi connectivity index (χ4n) is 2.09. The van der Waals surface area contributed by atoms with Crippen molar-refractivity contribution < 1.29 is 17.6 Å². The Hall–Kier alpha value is -1.83. The van der Waals surface area contributed by atoms with Gasteiger partial charge in [0, 0.05) is 20.1 Å². The minimum Gasteiger partial charge on any atom is -0.356 e. The van der Waals surface area contributed by atoms with Crippen molar-refractivity contribution in [2.45, 2.75) is 26.1 Å². The maximum atomic E-state index is 13.5. The zero-order chi connectivity index (χ0) is 18.2. The van der Waals surface area contributed by atoms with Crippen LogP contribution in [0.2, 0.25) is 0 Å². The normalized spacial score (nSPS) is 12.6. The molecule has 0 aliphatic rings. The van der Waals surface area contributed by atoms with Crippen LogP contribution in [0.1, 0.15) is 17.5 Å². The molecule has 0 aromatic heterocycles. The van der Waals surface area contributed by atoms with E-state index in [-0.39, 0.29) is 5.82 Å². The van der Waals surface area contributed by atoms with Gasteiger partial charge in [-0.05, 0) is 44.1 Å². The van der Waals surface area contributed by atoms with Crippen molar-refractivity contribution in [3.63, 3.8) is 0 Å². The molecule has 0 fully saturated rings. The summed E-state index contributed by atoms with van der Waals surface area (Å²) in [6.07, 6.45) is -3.63. The number of aliphatic imine (C=N–C) groups is 1. The van der Waals surface area contributed by atoms with Gasteiger partial charge >= 0.3 is 6.18 Å². The number of nitrogens with one attached hydrogen (secondary N) is 2. The second-order valence-corrected chi connectivity index (χ2v) is 5.64. The lowest BCUT2D eigenvalue weighted by Gasteiger charge is -2.19. The Kier molecular flexibility index (Phi) is 7.97. The molecule has 2 N–H and O–H groups in total. The first-order valence-electron chi connectivity index (χ1n) is 7.66. The van der Waals surface area contributed by atoms with Crippen LogP contribution in [-0.4, -0.2) is 50.8 Å². The lowest BCUT2D eigenvalue weighted by molar-refractivity contribution is -0.143. The maximum absolute atomic E-state index is 13.5. The molecule has 0 bridgehead atoms. The summed E-state index contributed by atoms with van der Waals surface area (Å²) in [6, 6.07) is 4.99. The number of hydrogen-bond acceptors (Lipinski definition) is 2.